The fourth-order valence-corrected chi connectivity index (χ4v) is 4.07. The number of nitro groups is 1. The number of rotatable bonds is 5. The highest BCUT2D eigenvalue weighted by Gasteiger charge is 2.55. The van der Waals surface area contributed by atoms with Crippen molar-refractivity contribution < 1.29 is 19.9 Å². The Bertz CT molecular complexity index is 1120. The second-order valence-electron chi connectivity index (χ2n) is 6.74. The van der Waals surface area contributed by atoms with Crippen molar-refractivity contribution in [1.29, 1.82) is 0 Å². The highest BCUT2D eigenvalue weighted by Crippen LogP contribution is 2.42. The lowest BCUT2D eigenvalue weighted by molar-refractivity contribution is -0.384. The predicted octanol–water partition coefficient (Wildman–Crippen LogP) is -0.0263. The third-order valence-electron chi connectivity index (χ3n) is 5.05. The molecular formula is C17H17N5O6S. The van der Waals surface area contributed by atoms with Gasteiger partial charge >= 0.3 is 0 Å². The number of aliphatic hydroxyl groups excluding tert-OH is 2. The molecule has 29 heavy (non-hydrogen) atoms. The van der Waals surface area contributed by atoms with Gasteiger partial charge in [0.25, 0.3) is 11.2 Å². The molecule has 0 radical (unpaired) electrons. The first-order chi connectivity index (χ1) is 13.9. The molecule has 1 aliphatic rings. The van der Waals surface area contributed by atoms with Gasteiger partial charge in [0.1, 0.15) is 6.10 Å². The van der Waals surface area contributed by atoms with Gasteiger partial charge in [0.15, 0.2) is 16.9 Å². The molecule has 0 unspecified atom stereocenters. The van der Waals surface area contributed by atoms with Gasteiger partial charge in [0.05, 0.1) is 35.5 Å². The molecule has 0 spiro atoms. The van der Waals surface area contributed by atoms with Crippen molar-refractivity contribution in [3.63, 3.8) is 0 Å². The summed E-state index contributed by atoms with van der Waals surface area (Å²) in [6.45, 7) is -0.444. The van der Waals surface area contributed by atoms with Gasteiger partial charge in [-0.1, -0.05) is 12.1 Å². The SMILES string of the molecule is O=c1[nH]cnc2c1ncn2[C@]1(Cc2ccc([N+](=O)[O-])cc2)O[C@H](CO)[C@@H](O)[C@H]1S. The molecule has 152 valence electrons. The fourth-order valence-electron chi connectivity index (χ4n) is 3.60. The molecule has 0 bridgehead atoms. The molecular weight excluding hydrogens is 402 g/mol. The number of hydrogen-bond donors (Lipinski definition) is 4. The third-order valence-corrected chi connectivity index (χ3v) is 5.76. The molecule has 0 aliphatic carbocycles. The maximum absolute atomic E-state index is 12.1. The van der Waals surface area contributed by atoms with E-state index in [2.05, 4.69) is 27.6 Å². The molecule has 4 atom stereocenters. The molecule has 1 aromatic carbocycles. The zero-order chi connectivity index (χ0) is 20.8. The van der Waals surface area contributed by atoms with E-state index < -0.39 is 40.3 Å². The molecule has 3 N–H and O–H groups in total. The van der Waals surface area contributed by atoms with Gasteiger partial charge in [-0.3, -0.25) is 19.5 Å². The van der Waals surface area contributed by atoms with E-state index in [0.717, 1.165) is 0 Å². The average molecular weight is 419 g/mol. The second-order valence-corrected chi connectivity index (χ2v) is 7.29. The third kappa shape index (κ3) is 3.09. The number of aliphatic hydroxyl groups is 2. The number of non-ortho nitro benzene ring substituents is 1. The van der Waals surface area contributed by atoms with Crippen LogP contribution in [-0.2, 0) is 16.9 Å². The van der Waals surface area contributed by atoms with Crippen molar-refractivity contribution in [2.24, 2.45) is 0 Å². The summed E-state index contributed by atoms with van der Waals surface area (Å²) >= 11 is 4.55. The summed E-state index contributed by atoms with van der Waals surface area (Å²) in [7, 11) is 0. The maximum Gasteiger partial charge on any atom is 0.278 e. The van der Waals surface area contributed by atoms with E-state index in [1.807, 2.05) is 0 Å². The van der Waals surface area contributed by atoms with E-state index >= 15 is 0 Å². The molecule has 11 nitrogen and oxygen atoms in total. The molecule has 1 aliphatic heterocycles. The number of ether oxygens (including phenoxy) is 1. The largest absolute Gasteiger partial charge is 0.394 e. The first-order valence-corrected chi connectivity index (χ1v) is 9.18. The van der Waals surface area contributed by atoms with Crippen LogP contribution in [0, 0.1) is 10.1 Å². The smallest absolute Gasteiger partial charge is 0.278 e. The number of H-pyrrole nitrogens is 1. The quantitative estimate of drug-likeness (QED) is 0.255. The van der Waals surface area contributed by atoms with Gasteiger partial charge in [0.2, 0.25) is 0 Å². The Morgan fingerprint density at radius 1 is 1.34 bits per heavy atom. The summed E-state index contributed by atoms with van der Waals surface area (Å²) in [5.41, 5.74) is -0.879. The Kier molecular flexibility index (Phi) is 4.86. The monoisotopic (exact) mass is 419 g/mol. The summed E-state index contributed by atoms with van der Waals surface area (Å²) in [6.07, 6.45) is 0.696. The topological polar surface area (TPSA) is 156 Å². The molecule has 1 saturated heterocycles. The Balaban J connectivity index is 1.85. The summed E-state index contributed by atoms with van der Waals surface area (Å²) in [6, 6.07) is 5.87. The zero-order valence-electron chi connectivity index (χ0n) is 14.9. The lowest BCUT2D eigenvalue weighted by Crippen LogP contribution is -2.44. The fraction of sp³-hybridized carbons (Fsp3) is 0.353. The molecule has 3 heterocycles. The Labute approximate surface area is 168 Å². The molecule has 0 saturated carbocycles. The number of nitrogens with zero attached hydrogens (tertiary/aromatic N) is 4. The number of nitrogens with one attached hydrogen (secondary N) is 1. The number of hydrogen-bond acceptors (Lipinski definition) is 9. The Morgan fingerprint density at radius 3 is 2.69 bits per heavy atom. The molecule has 4 rings (SSSR count). The molecule has 12 heteroatoms. The van der Waals surface area contributed by atoms with Crippen LogP contribution in [0.4, 0.5) is 5.69 Å². The number of nitro benzene ring substituents is 1. The van der Waals surface area contributed by atoms with Crippen molar-refractivity contribution in [1.82, 2.24) is 19.5 Å². The predicted molar refractivity (Wildman–Crippen MR) is 104 cm³/mol. The van der Waals surface area contributed by atoms with Crippen LogP contribution in [0.15, 0.2) is 41.7 Å². The number of thiol groups is 1. The average Bonchev–Trinajstić information content (AvgIpc) is 3.25. The van der Waals surface area contributed by atoms with Gasteiger partial charge in [-0.2, -0.15) is 12.6 Å². The standard InChI is InChI=1S/C17H17N5O6S/c23-6-11-13(24)14(29)17(28-11,5-9-1-3-10(4-2-9)22(26)27)21-8-20-12-15(21)18-7-19-16(12)25/h1-4,7-8,11,13-14,23-24,29H,5-6H2,(H,18,19,25)/t11-,13-,14-,17-/m1/s1. The van der Waals surface area contributed by atoms with Crippen LogP contribution in [0.3, 0.4) is 0 Å². The van der Waals surface area contributed by atoms with Crippen molar-refractivity contribution in [2.75, 3.05) is 6.61 Å². The van der Waals surface area contributed by atoms with Crippen LogP contribution in [0.2, 0.25) is 0 Å². The van der Waals surface area contributed by atoms with Gasteiger partial charge in [-0.05, 0) is 5.56 Å². The van der Waals surface area contributed by atoms with Crippen molar-refractivity contribution in [3.05, 3.63) is 63.0 Å². The molecule has 1 fully saturated rings. The van der Waals surface area contributed by atoms with Crippen molar-refractivity contribution >= 4 is 29.5 Å². The van der Waals surface area contributed by atoms with Crippen LogP contribution in [0.1, 0.15) is 5.56 Å². The summed E-state index contributed by atoms with van der Waals surface area (Å²) in [5, 5.41) is 30.3. The lowest BCUT2D eigenvalue weighted by Gasteiger charge is -2.34. The van der Waals surface area contributed by atoms with E-state index in [1.54, 1.807) is 12.1 Å². The van der Waals surface area contributed by atoms with Crippen molar-refractivity contribution in [3.8, 4) is 0 Å². The summed E-state index contributed by atoms with van der Waals surface area (Å²) in [4.78, 5) is 33.2. The van der Waals surface area contributed by atoms with Crippen LogP contribution >= 0.6 is 12.6 Å². The van der Waals surface area contributed by atoms with E-state index in [4.69, 9.17) is 4.74 Å². The van der Waals surface area contributed by atoms with Crippen LogP contribution < -0.4 is 5.56 Å². The highest BCUT2D eigenvalue weighted by atomic mass is 32.1. The first kappa shape index (κ1) is 19.5. The van der Waals surface area contributed by atoms with E-state index in [-0.39, 0.29) is 23.3 Å². The van der Waals surface area contributed by atoms with E-state index in [9.17, 15) is 25.1 Å². The van der Waals surface area contributed by atoms with E-state index in [1.165, 1.54) is 29.4 Å². The van der Waals surface area contributed by atoms with Gasteiger partial charge in [-0.25, -0.2) is 9.97 Å². The van der Waals surface area contributed by atoms with Gasteiger partial charge in [-0.15, -0.1) is 0 Å². The minimum Gasteiger partial charge on any atom is -0.394 e. The lowest BCUT2D eigenvalue weighted by atomic mass is 9.96. The Morgan fingerprint density at radius 2 is 2.07 bits per heavy atom. The molecule has 0 amide bonds. The number of aromatic amines is 1. The number of aromatic nitrogens is 4. The molecule has 2 aromatic heterocycles. The van der Waals surface area contributed by atoms with Crippen LogP contribution in [-0.4, -0.2) is 58.7 Å². The summed E-state index contributed by atoms with van der Waals surface area (Å²) < 4.78 is 7.57. The number of fused-ring (bicyclic) bond motifs is 1. The van der Waals surface area contributed by atoms with Crippen molar-refractivity contribution in [2.45, 2.75) is 29.6 Å². The number of benzene rings is 1. The Hall–Kier alpha value is -2.80. The maximum atomic E-state index is 12.1. The van der Waals surface area contributed by atoms with Gasteiger partial charge < -0.3 is 19.9 Å². The van der Waals surface area contributed by atoms with Crippen LogP contribution in [0.5, 0.6) is 0 Å². The first-order valence-electron chi connectivity index (χ1n) is 8.67. The second kappa shape index (κ2) is 7.22. The minimum absolute atomic E-state index is 0.0629. The minimum atomic E-state index is -1.35. The summed E-state index contributed by atoms with van der Waals surface area (Å²) in [5.74, 6) is 0. The molecule has 3 aromatic rings. The normalized spacial score (nSPS) is 26.8. The zero-order valence-corrected chi connectivity index (χ0v) is 15.8. The van der Waals surface area contributed by atoms with Gasteiger partial charge in [0, 0.05) is 18.6 Å². The van der Waals surface area contributed by atoms with Crippen LogP contribution in [0.25, 0.3) is 11.2 Å². The number of imidazole rings is 1. The van der Waals surface area contributed by atoms with E-state index in [0.29, 0.717) is 5.56 Å². The highest BCUT2D eigenvalue weighted by molar-refractivity contribution is 7.81.